The number of carbonyl (C=O) groups excluding carboxylic acids is 3. The van der Waals surface area contributed by atoms with Crippen molar-refractivity contribution in [3.8, 4) is 5.75 Å². The number of halogens is 1. The number of aromatic nitrogens is 1. The summed E-state index contributed by atoms with van der Waals surface area (Å²) in [7, 11) is 5.04. The number of hydrogen-bond acceptors (Lipinski definition) is 7. The second-order valence-corrected chi connectivity index (χ2v) is 8.14. The van der Waals surface area contributed by atoms with Crippen molar-refractivity contribution in [2.24, 2.45) is 0 Å². The van der Waals surface area contributed by atoms with Crippen LogP contribution in [-0.4, -0.2) is 55.2 Å². The van der Waals surface area contributed by atoms with E-state index >= 15 is 0 Å². The summed E-state index contributed by atoms with van der Waals surface area (Å²) < 4.78 is 9.34. The molecule has 2 amide bonds. The molecule has 1 aromatic heterocycles. The number of amidine groups is 1. The lowest BCUT2D eigenvalue weighted by Crippen LogP contribution is -2.22. The van der Waals surface area contributed by atoms with Crippen LogP contribution in [0.5, 0.6) is 5.75 Å². The molecule has 2 aromatic carbocycles. The molecule has 3 N–H and O–H groups in total. The van der Waals surface area contributed by atoms with Gasteiger partial charge in [0.15, 0.2) is 0 Å². The van der Waals surface area contributed by atoms with Crippen LogP contribution >= 0.6 is 11.6 Å². The molecule has 0 unspecified atom stereocenters. The van der Waals surface area contributed by atoms with Gasteiger partial charge in [-0.2, -0.15) is 0 Å². The number of hydrogen-bond donors (Lipinski definition) is 3. The van der Waals surface area contributed by atoms with E-state index < -0.39 is 11.8 Å². The highest BCUT2D eigenvalue weighted by molar-refractivity contribution is 6.30. The Bertz CT molecular complexity index is 1300. The minimum atomic E-state index is -0.469. The van der Waals surface area contributed by atoms with Gasteiger partial charge in [0, 0.05) is 31.4 Å². The number of methoxy groups -OCH3 is 1. The van der Waals surface area contributed by atoms with Gasteiger partial charge in [0.25, 0.3) is 18.3 Å². The van der Waals surface area contributed by atoms with Crippen LogP contribution in [0.4, 0.5) is 11.5 Å². The van der Waals surface area contributed by atoms with Crippen LogP contribution in [0, 0.1) is 5.41 Å². The van der Waals surface area contributed by atoms with Crippen LogP contribution in [0.3, 0.4) is 0 Å². The molecule has 1 heterocycles. The van der Waals surface area contributed by atoms with Crippen molar-refractivity contribution in [1.82, 2.24) is 9.88 Å². The van der Waals surface area contributed by atoms with E-state index in [0.717, 1.165) is 0 Å². The van der Waals surface area contributed by atoms with Crippen molar-refractivity contribution in [3.63, 3.8) is 0 Å². The predicted octanol–water partition coefficient (Wildman–Crippen LogP) is 4.94. The van der Waals surface area contributed by atoms with Crippen LogP contribution < -0.4 is 15.4 Å². The number of benzene rings is 2. The summed E-state index contributed by atoms with van der Waals surface area (Å²) in [6.07, 6.45) is 4.37. The lowest BCUT2D eigenvalue weighted by molar-refractivity contribution is -0.123. The van der Waals surface area contributed by atoms with Crippen molar-refractivity contribution < 1.29 is 25.3 Å². The van der Waals surface area contributed by atoms with Crippen molar-refractivity contribution in [3.05, 3.63) is 94.8 Å². The number of pyridine rings is 1. The second-order valence-electron chi connectivity index (χ2n) is 7.70. The number of ether oxygens (including phenoxy) is 2. The fourth-order valence-corrected chi connectivity index (χ4v) is 3.04. The van der Waals surface area contributed by atoms with E-state index in [4.69, 9.17) is 21.7 Å². The topological polar surface area (TPSA) is 134 Å². The zero-order valence-electron chi connectivity index (χ0n) is 22.3. The number of amides is 2. The lowest BCUT2D eigenvalue weighted by Gasteiger charge is -2.15. The van der Waals surface area contributed by atoms with Crippen LogP contribution in [0.25, 0.3) is 0 Å². The van der Waals surface area contributed by atoms with Gasteiger partial charge in [-0.05, 0) is 49.4 Å². The van der Waals surface area contributed by atoms with E-state index in [0.29, 0.717) is 45.7 Å². The summed E-state index contributed by atoms with van der Waals surface area (Å²) in [5, 5.41) is 13.9. The molecular formula is C27H29ClN5O5+. The van der Waals surface area contributed by atoms with Gasteiger partial charge in [-0.3, -0.25) is 19.8 Å². The maximum atomic E-state index is 12.9. The molecule has 0 aliphatic rings. The number of allylic oxidation sites excluding steroid dienone is 1. The third kappa shape index (κ3) is 8.75. The highest BCUT2D eigenvalue weighted by Crippen LogP contribution is 2.24. The van der Waals surface area contributed by atoms with Crippen LogP contribution in [0.2, 0.25) is 5.02 Å². The minimum Gasteiger partial charge on any atom is -0.497 e. The minimum absolute atomic E-state index is 0. The molecule has 0 atom stereocenters. The van der Waals surface area contributed by atoms with Gasteiger partial charge in [0.2, 0.25) is 0 Å². The monoisotopic (exact) mass is 538 g/mol. The zero-order chi connectivity index (χ0) is 28.1. The molecule has 0 aliphatic carbocycles. The summed E-state index contributed by atoms with van der Waals surface area (Å²) in [6, 6.07) is 14.6. The summed E-state index contributed by atoms with van der Waals surface area (Å²) in [5.41, 5.74) is 1.60. The van der Waals surface area contributed by atoms with E-state index in [1.807, 2.05) is 0 Å². The van der Waals surface area contributed by atoms with Gasteiger partial charge in [-0.1, -0.05) is 29.8 Å². The van der Waals surface area contributed by atoms with Crippen molar-refractivity contribution >= 4 is 47.2 Å². The van der Waals surface area contributed by atoms with E-state index in [2.05, 4.69) is 20.4 Å². The van der Waals surface area contributed by atoms with E-state index in [1.54, 1.807) is 80.5 Å². The molecule has 0 spiro atoms. The summed E-state index contributed by atoms with van der Waals surface area (Å²) in [6.45, 7) is 2.14. The third-order valence-corrected chi connectivity index (χ3v) is 5.05. The average molecular weight is 539 g/mol. The van der Waals surface area contributed by atoms with Gasteiger partial charge < -0.3 is 25.0 Å². The second kappa shape index (κ2) is 14.8. The molecule has 0 saturated heterocycles. The predicted molar refractivity (Wildman–Crippen MR) is 148 cm³/mol. The SMILES string of the molecule is C/C=C\OC=O.COc1ccc(NC(=O)c2ccc(C(=N)N(C)C)cc2)c(C(=O)Nc2ccc(Cl)cn2)c1.[H+]. The Morgan fingerprint density at radius 1 is 1.03 bits per heavy atom. The first-order valence-corrected chi connectivity index (χ1v) is 11.6. The van der Waals surface area contributed by atoms with Crippen LogP contribution in [0.1, 0.15) is 34.6 Å². The molecule has 11 heteroatoms. The molecule has 3 aromatic rings. The quantitative estimate of drug-likeness (QED) is 0.160. The van der Waals surface area contributed by atoms with Crippen LogP contribution in [-0.2, 0) is 9.53 Å². The Morgan fingerprint density at radius 3 is 2.24 bits per heavy atom. The Balaban J connectivity index is 0.000000977. The van der Waals surface area contributed by atoms with Gasteiger partial charge in [0.1, 0.15) is 17.4 Å². The first kappa shape index (κ1) is 29.5. The van der Waals surface area contributed by atoms with Crippen LogP contribution in [0.15, 0.2) is 73.1 Å². The Labute approximate surface area is 227 Å². The number of anilines is 2. The number of nitrogens with one attached hydrogen (secondary N) is 3. The van der Waals surface area contributed by atoms with Crippen molar-refractivity contribution in [2.45, 2.75) is 6.92 Å². The third-order valence-electron chi connectivity index (χ3n) is 4.83. The Hall–Kier alpha value is -4.70. The molecular weight excluding hydrogens is 510 g/mol. The smallest absolute Gasteiger partial charge is 0.497 e. The maximum Gasteiger partial charge on any atom is 1.00 e. The van der Waals surface area contributed by atoms with E-state index in [1.165, 1.54) is 25.6 Å². The van der Waals surface area contributed by atoms with Crippen molar-refractivity contribution in [1.29, 1.82) is 5.41 Å². The number of carbonyl (C=O) groups is 3. The first-order chi connectivity index (χ1) is 18.2. The summed E-state index contributed by atoms with van der Waals surface area (Å²) in [4.78, 5) is 40.7. The molecule has 3 rings (SSSR count). The van der Waals surface area contributed by atoms with Gasteiger partial charge >= 0.3 is 1.43 Å². The summed E-state index contributed by atoms with van der Waals surface area (Å²) >= 11 is 5.83. The molecule has 38 heavy (non-hydrogen) atoms. The van der Waals surface area contributed by atoms with E-state index in [-0.39, 0.29) is 6.99 Å². The first-order valence-electron chi connectivity index (χ1n) is 11.2. The highest BCUT2D eigenvalue weighted by atomic mass is 35.5. The largest absolute Gasteiger partial charge is 1.00 e. The number of nitrogens with zero attached hydrogens (tertiary/aromatic N) is 2. The molecule has 0 radical (unpaired) electrons. The standard InChI is InChI=1S/C23H22ClN5O3.C4H6O2/c1-29(2)21(25)14-4-6-15(7-5-14)22(30)27-19-10-9-17(32-3)12-18(19)23(31)28-20-11-8-16(24)13-26-20;1-2-3-6-4-5/h4-13,25H,1-3H3,(H,27,30)(H,26,28,31);2-4H,1H3/p+1/b;3-2-. The highest BCUT2D eigenvalue weighted by Gasteiger charge is 2.17. The molecule has 198 valence electrons. The molecule has 10 nitrogen and oxygen atoms in total. The Morgan fingerprint density at radius 2 is 1.71 bits per heavy atom. The zero-order valence-corrected chi connectivity index (χ0v) is 22.1. The molecule has 0 bridgehead atoms. The number of rotatable bonds is 8. The Kier molecular flexibility index (Phi) is 11.5. The normalized spacial score (nSPS) is 10.0. The fraction of sp³-hybridized carbons (Fsp3) is 0.148. The maximum absolute atomic E-state index is 12.9. The molecule has 0 fully saturated rings. The molecule has 0 saturated carbocycles. The summed E-state index contributed by atoms with van der Waals surface area (Å²) in [5.74, 6) is 0.254. The average Bonchev–Trinajstić information content (AvgIpc) is 2.93. The van der Waals surface area contributed by atoms with E-state index in [9.17, 15) is 14.4 Å². The van der Waals surface area contributed by atoms with Gasteiger partial charge in [-0.25, -0.2) is 4.98 Å². The lowest BCUT2D eigenvalue weighted by atomic mass is 10.1. The van der Waals surface area contributed by atoms with Crippen molar-refractivity contribution in [2.75, 3.05) is 31.8 Å². The van der Waals surface area contributed by atoms with Gasteiger partial charge in [-0.15, -0.1) is 0 Å². The molecule has 0 aliphatic heterocycles. The van der Waals surface area contributed by atoms with Gasteiger partial charge in [0.05, 0.1) is 29.6 Å². The fourth-order valence-electron chi connectivity index (χ4n) is 2.92.